The average molecular weight is 584 g/mol. The first-order valence-corrected chi connectivity index (χ1v) is 14.9. The lowest BCUT2D eigenvalue weighted by atomic mass is 9.91. The van der Waals surface area contributed by atoms with E-state index < -0.39 is 41.4 Å². The fourth-order valence-electron chi connectivity index (χ4n) is 5.80. The van der Waals surface area contributed by atoms with E-state index in [1.807, 2.05) is 93.6 Å². The highest BCUT2D eigenvalue weighted by atomic mass is 16.4. The Morgan fingerprint density at radius 3 is 2.09 bits per heavy atom. The van der Waals surface area contributed by atoms with Gasteiger partial charge in [0.05, 0.1) is 6.04 Å². The molecule has 3 atom stereocenters. The number of ketones is 1. The van der Waals surface area contributed by atoms with Crippen LogP contribution in [0.3, 0.4) is 0 Å². The summed E-state index contributed by atoms with van der Waals surface area (Å²) in [6.45, 7) is 7.98. The van der Waals surface area contributed by atoms with Crippen molar-refractivity contribution >= 4 is 23.7 Å². The third-order valence-electron chi connectivity index (χ3n) is 8.08. The van der Waals surface area contributed by atoms with Crippen LogP contribution in [0.1, 0.15) is 75.3 Å². The lowest BCUT2D eigenvalue weighted by molar-refractivity contribution is -0.142. The van der Waals surface area contributed by atoms with Gasteiger partial charge in [-0.15, -0.1) is 0 Å². The van der Waals surface area contributed by atoms with Crippen molar-refractivity contribution in [3.05, 3.63) is 96.1 Å². The average Bonchev–Trinajstić information content (AvgIpc) is 3.33. The minimum Gasteiger partial charge on any atom is -0.465 e. The Kier molecular flexibility index (Phi) is 10.0. The lowest BCUT2D eigenvalue weighted by Crippen LogP contribution is -2.58. The Labute approximate surface area is 253 Å². The second-order valence-corrected chi connectivity index (χ2v) is 12.0. The number of hydrogen-bond acceptors (Lipinski definition) is 4. The van der Waals surface area contributed by atoms with Gasteiger partial charge in [-0.25, -0.2) is 4.79 Å². The molecule has 0 bridgehead atoms. The lowest BCUT2D eigenvalue weighted by Gasteiger charge is -2.37. The molecule has 0 saturated carbocycles. The van der Waals surface area contributed by atoms with Gasteiger partial charge in [0.15, 0.2) is 0 Å². The van der Waals surface area contributed by atoms with Crippen molar-refractivity contribution in [2.45, 2.75) is 71.6 Å². The van der Waals surface area contributed by atoms with E-state index in [-0.39, 0.29) is 12.3 Å². The first-order valence-electron chi connectivity index (χ1n) is 14.9. The Bertz CT molecular complexity index is 1420. The normalized spacial score (nSPS) is 17.1. The highest BCUT2D eigenvalue weighted by Gasteiger charge is 2.48. The van der Waals surface area contributed by atoms with Gasteiger partial charge in [0.2, 0.25) is 5.78 Å². The summed E-state index contributed by atoms with van der Waals surface area (Å²) in [6.07, 6.45) is -0.458. The molecule has 1 aliphatic rings. The zero-order chi connectivity index (χ0) is 31.1. The summed E-state index contributed by atoms with van der Waals surface area (Å²) in [5.74, 6) is -1.97. The fraction of sp³-hybridized carbons (Fsp3) is 0.371. The van der Waals surface area contributed by atoms with Crippen molar-refractivity contribution < 1.29 is 24.3 Å². The van der Waals surface area contributed by atoms with Crippen molar-refractivity contribution in [1.82, 2.24) is 15.1 Å². The van der Waals surface area contributed by atoms with Crippen molar-refractivity contribution in [2.75, 3.05) is 6.54 Å². The number of unbranched alkanes of at least 4 members (excludes halogenated alkanes) is 1. The molecule has 226 valence electrons. The maximum absolute atomic E-state index is 13.9. The Morgan fingerprint density at radius 1 is 0.930 bits per heavy atom. The van der Waals surface area contributed by atoms with E-state index in [0.717, 1.165) is 21.6 Å². The van der Waals surface area contributed by atoms with Gasteiger partial charge >= 0.3 is 6.09 Å². The summed E-state index contributed by atoms with van der Waals surface area (Å²) in [4.78, 5) is 56.3. The number of Topliss-reactive ketones (excluding diaryl/α,β-unsaturated/α-hetero) is 1. The number of hydrogen-bond donors (Lipinski definition) is 2. The Hall–Kier alpha value is -4.46. The molecule has 43 heavy (non-hydrogen) atoms. The first-order chi connectivity index (χ1) is 20.5. The number of benzene rings is 3. The van der Waals surface area contributed by atoms with Gasteiger partial charge in [-0.05, 0) is 54.0 Å². The summed E-state index contributed by atoms with van der Waals surface area (Å²) >= 11 is 0. The van der Waals surface area contributed by atoms with Gasteiger partial charge in [0.1, 0.15) is 12.2 Å². The van der Waals surface area contributed by atoms with Crippen LogP contribution in [0, 0.1) is 5.41 Å². The highest BCUT2D eigenvalue weighted by Crippen LogP contribution is 2.38. The maximum Gasteiger partial charge on any atom is 0.409 e. The van der Waals surface area contributed by atoms with Crippen molar-refractivity contribution in [3.8, 4) is 11.1 Å². The van der Waals surface area contributed by atoms with Crippen LogP contribution in [0.25, 0.3) is 11.1 Å². The van der Waals surface area contributed by atoms with E-state index in [1.54, 1.807) is 24.0 Å². The van der Waals surface area contributed by atoms with E-state index in [2.05, 4.69) is 5.32 Å². The topological polar surface area (TPSA) is 107 Å². The van der Waals surface area contributed by atoms with Crippen LogP contribution in [0.2, 0.25) is 0 Å². The van der Waals surface area contributed by atoms with Crippen molar-refractivity contribution in [2.24, 2.45) is 5.41 Å². The molecule has 8 heteroatoms. The quantitative estimate of drug-likeness (QED) is 0.249. The molecule has 3 aromatic rings. The molecule has 0 aliphatic carbocycles. The molecule has 1 heterocycles. The van der Waals surface area contributed by atoms with Gasteiger partial charge in [-0.1, -0.05) is 106 Å². The smallest absolute Gasteiger partial charge is 0.409 e. The zero-order valence-corrected chi connectivity index (χ0v) is 25.3. The number of carbonyl (C=O) groups is 4. The van der Waals surface area contributed by atoms with Gasteiger partial charge < -0.3 is 15.3 Å². The second kappa shape index (κ2) is 13.7. The number of nitrogens with zero attached hydrogens (tertiary/aromatic N) is 2. The molecule has 0 aromatic heterocycles. The predicted molar refractivity (Wildman–Crippen MR) is 166 cm³/mol. The molecule has 4 rings (SSSR count). The number of amides is 3. The molecule has 3 aromatic carbocycles. The van der Waals surface area contributed by atoms with Crippen molar-refractivity contribution in [1.29, 1.82) is 0 Å². The SMILES string of the molecule is CCCC[C@@H](C(=O)C(=O)NC(C)c1ccccc1)N(C(=O)O)C1CC(C)(C)CN1C(=O)c1ccc(-c2ccccc2)cc1. The first kappa shape index (κ1) is 31.5. The molecule has 1 aliphatic heterocycles. The molecule has 1 saturated heterocycles. The monoisotopic (exact) mass is 583 g/mol. The third-order valence-corrected chi connectivity index (χ3v) is 8.08. The van der Waals surface area contributed by atoms with E-state index in [4.69, 9.17) is 0 Å². The van der Waals surface area contributed by atoms with Crippen molar-refractivity contribution in [3.63, 3.8) is 0 Å². The van der Waals surface area contributed by atoms with Crippen LogP contribution in [-0.4, -0.2) is 57.3 Å². The van der Waals surface area contributed by atoms with Crippen LogP contribution < -0.4 is 5.32 Å². The van der Waals surface area contributed by atoms with E-state index >= 15 is 0 Å². The molecule has 2 unspecified atom stereocenters. The molecule has 2 N–H and O–H groups in total. The highest BCUT2D eigenvalue weighted by molar-refractivity contribution is 6.38. The zero-order valence-electron chi connectivity index (χ0n) is 25.3. The van der Waals surface area contributed by atoms with E-state index in [9.17, 15) is 24.3 Å². The van der Waals surface area contributed by atoms with E-state index in [0.29, 0.717) is 31.4 Å². The summed E-state index contributed by atoms with van der Waals surface area (Å²) < 4.78 is 0. The summed E-state index contributed by atoms with van der Waals surface area (Å²) in [6, 6.07) is 24.7. The van der Waals surface area contributed by atoms with Gasteiger partial charge in [-0.2, -0.15) is 0 Å². The van der Waals surface area contributed by atoms with Crippen LogP contribution in [0.4, 0.5) is 4.79 Å². The van der Waals surface area contributed by atoms with Gasteiger partial charge in [0, 0.05) is 12.1 Å². The number of nitrogens with one attached hydrogen (secondary N) is 1. The number of carbonyl (C=O) groups excluding carboxylic acids is 3. The van der Waals surface area contributed by atoms with Crippen LogP contribution in [-0.2, 0) is 9.59 Å². The summed E-state index contributed by atoms with van der Waals surface area (Å²) in [5, 5.41) is 13.2. The number of carboxylic acid groups (broad SMARTS) is 1. The largest absolute Gasteiger partial charge is 0.465 e. The van der Waals surface area contributed by atoms with Crippen LogP contribution in [0.5, 0.6) is 0 Å². The minimum absolute atomic E-state index is 0.180. The minimum atomic E-state index is -1.33. The Morgan fingerprint density at radius 2 is 1.51 bits per heavy atom. The molecule has 0 spiro atoms. The standard InChI is InChI=1S/C35H41N3O5/c1-5-6-17-29(31(39)32(40)36-24(2)25-13-9-7-10-14-25)38(34(42)43)30-22-35(3,4)23-37(30)33(41)28-20-18-27(19-21-28)26-15-11-8-12-16-26/h7-16,18-21,24,29-30H,5-6,17,22-23H2,1-4H3,(H,36,40)(H,42,43)/t24?,29-,30?/m0/s1. The molecule has 0 radical (unpaired) electrons. The molecule has 8 nitrogen and oxygen atoms in total. The van der Waals surface area contributed by atoms with Crippen LogP contribution in [0.15, 0.2) is 84.9 Å². The number of rotatable bonds is 11. The summed E-state index contributed by atoms with van der Waals surface area (Å²) in [5.41, 5.74) is 2.84. The maximum atomic E-state index is 13.9. The molecule has 3 amide bonds. The fourth-order valence-corrected chi connectivity index (χ4v) is 5.80. The molecule has 1 fully saturated rings. The third kappa shape index (κ3) is 7.49. The van der Waals surface area contributed by atoms with Crippen LogP contribution >= 0.6 is 0 Å². The molecular formula is C35H41N3O5. The number of likely N-dealkylation sites (tertiary alicyclic amines) is 1. The Balaban J connectivity index is 1.61. The second-order valence-electron chi connectivity index (χ2n) is 12.0. The predicted octanol–water partition coefficient (Wildman–Crippen LogP) is 6.54. The van der Waals surface area contributed by atoms with Gasteiger partial charge in [-0.3, -0.25) is 19.3 Å². The van der Waals surface area contributed by atoms with Gasteiger partial charge in [0.25, 0.3) is 11.8 Å². The summed E-state index contributed by atoms with van der Waals surface area (Å²) in [7, 11) is 0. The van der Waals surface area contributed by atoms with E-state index in [1.165, 1.54) is 0 Å². The molecular weight excluding hydrogens is 542 g/mol.